The molecule has 2 heterocycles. The van der Waals surface area contributed by atoms with Crippen molar-refractivity contribution in [2.75, 3.05) is 0 Å². The fraction of sp³-hybridized carbons (Fsp3) is 0.500. The first-order valence-electron chi connectivity index (χ1n) is 5.04. The number of rotatable bonds is 3. The van der Waals surface area contributed by atoms with Crippen molar-refractivity contribution in [3.63, 3.8) is 0 Å². The Morgan fingerprint density at radius 3 is 2.80 bits per heavy atom. The van der Waals surface area contributed by atoms with E-state index in [0.717, 1.165) is 34.4 Å². The second kappa shape index (κ2) is 4.10. The van der Waals surface area contributed by atoms with Gasteiger partial charge in [0.25, 0.3) is 0 Å². The van der Waals surface area contributed by atoms with E-state index in [4.69, 9.17) is 0 Å². The van der Waals surface area contributed by atoms with E-state index in [-0.39, 0.29) is 0 Å². The zero-order chi connectivity index (χ0) is 10.8. The molecule has 2 aromatic rings. The molecule has 0 aliphatic heterocycles. The van der Waals surface area contributed by atoms with Gasteiger partial charge in [-0.05, 0) is 20.3 Å². The minimum absolute atomic E-state index is 0.944. The maximum absolute atomic E-state index is 4.41. The Bertz CT molecular complexity index is 458. The lowest BCUT2D eigenvalue weighted by Gasteiger charge is -2.02. The lowest BCUT2D eigenvalue weighted by Crippen LogP contribution is -1.97. The van der Waals surface area contributed by atoms with Crippen LogP contribution in [-0.4, -0.2) is 19.7 Å². The third-order valence-electron chi connectivity index (χ3n) is 2.19. The summed E-state index contributed by atoms with van der Waals surface area (Å²) in [5.74, 6) is 0.944. The van der Waals surface area contributed by atoms with Crippen molar-refractivity contribution in [1.82, 2.24) is 19.7 Å². The summed E-state index contributed by atoms with van der Waals surface area (Å²) in [5, 5.41) is 9.20. The Kier molecular flexibility index (Phi) is 2.81. The smallest absolute Gasteiger partial charge is 0.175 e. The average molecular weight is 222 g/mol. The highest BCUT2D eigenvalue weighted by atomic mass is 32.1. The van der Waals surface area contributed by atoms with Crippen LogP contribution in [0.25, 0.3) is 10.7 Å². The Morgan fingerprint density at radius 1 is 1.40 bits per heavy atom. The maximum atomic E-state index is 4.41. The average Bonchev–Trinajstić information content (AvgIpc) is 2.73. The molecule has 0 N–H and O–H groups in total. The third kappa shape index (κ3) is 1.92. The number of hydrogen-bond donors (Lipinski definition) is 0. The van der Waals surface area contributed by atoms with Gasteiger partial charge in [0.2, 0.25) is 0 Å². The molecular weight excluding hydrogens is 208 g/mol. The van der Waals surface area contributed by atoms with E-state index in [9.17, 15) is 0 Å². The zero-order valence-electron chi connectivity index (χ0n) is 9.19. The molecule has 0 aromatic carbocycles. The Labute approximate surface area is 93.0 Å². The van der Waals surface area contributed by atoms with Crippen molar-refractivity contribution in [2.24, 2.45) is 0 Å². The second-order valence-electron chi connectivity index (χ2n) is 3.50. The van der Waals surface area contributed by atoms with E-state index in [1.54, 1.807) is 17.7 Å². The van der Waals surface area contributed by atoms with E-state index in [1.807, 2.05) is 13.8 Å². The summed E-state index contributed by atoms with van der Waals surface area (Å²) in [4.78, 5) is 5.54. The lowest BCUT2D eigenvalue weighted by molar-refractivity contribution is 0.683. The van der Waals surface area contributed by atoms with Gasteiger partial charge >= 0.3 is 0 Å². The van der Waals surface area contributed by atoms with E-state index in [0.29, 0.717) is 0 Å². The molecule has 5 heteroatoms. The summed E-state index contributed by atoms with van der Waals surface area (Å²) < 4.78 is 2.08. The van der Waals surface area contributed by atoms with Crippen LogP contribution in [0.4, 0.5) is 0 Å². The van der Waals surface area contributed by atoms with Crippen LogP contribution in [0.15, 0.2) is 6.33 Å². The summed E-state index contributed by atoms with van der Waals surface area (Å²) in [7, 11) is 0. The molecule has 80 valence electrons. The molecule has 0 saturated heterocycles. The van der Waals surface area contributed by atoms with E-state index in [2.05, 4.69) is 26.7 Å². The van der Waals surface area contributed by atoms with Crippen molar-refractivity contribution in [1.29, 1.82) is 0 Å². The molecule has 4 nitrogen and oxygen atoms in total. The van der Waals surface area contributed by atoms with Crippen molar-refractivity contribution in [3.05, 3.63) is 17.0 Å². The number of nitrogens with zero attached hydrogens (tertiary/aromatic N) is 4. The number of hydrogen-bond acceptors (Lipinski definition) is 4. The number of thiazole rings is 1. The predicted octanol–water partition coefficient (Wildman–Crippen LogP) is 2.43. The number of aromatic nitrogens is 4. The molecule has 0 amide bonds. The van der Waals surface area contributed by atoms with Crippen LogP contribution in [0.1, 0.15) is 24.0 Å². The first-order valence-corrected chi connectivity index (χ1v) is 5.86. The largest absolute Gasteiger partial charge is 0.313 e. The standard InChI is InChI=1S/C10H14N4S/c1-4-5-14-6-11-13-10(14)9-7(2)12-8(3)15-9/h6H,4-5H2,1-3H3. The van der Waals surface area contributed by atoms with E-state index in [1.165, 1.54) is 0 Å². The summed E-state index contributed by atoms with van der Waals surface area (Å²) in [6.07, 6.45) is 2.87. The van der Waals surface area contributed by atoms with Crippen LogP contribution in [0, 0.1) is 13.8 Å². The molecule has 2 rings (SSSR count). The Balaban J connectivity index is 2.44. The first kappa shape index (κ1) is 10.3. The molecule has 15 heavy (non-hydrogen) atoms. The molecule has 0 fully saturated rings. The molecule has 0 saturated carbocycles. The molecule has 2 aromatic heterocycles. The monoisotopic (exact) mass is 222 g/mol. The second-order valence-corrected chi connectivity index (χ2v) is 4.70. The van der Waals surface area contributed by atoms with Gasteiger partial charge in [-0.25, -0.2) is 4.98 Å². The van der Waals surface area contributed by atoms with Crippen LogP contribution >= 0.6 is 11.3 Å². The van der Waals surface area contributed by atoms with E-state index >= 15 is 0 Å². The highest BCUT2D eigenvalue weighted by Gasteiger charge is 2.13. The van der Waals surface area contributed by atoms with Gasteiger partial charge < -0.3 is 4.57 Å². The molecule has 0 spiro atoms. The highest BCUT2D eigenvalue weighted by Crippen LogP contribution is 2.27. The van der Waals surface area contributed by atoms with Gasteiger partial charge in [-0.1, -0.05) is 6.92 Å². The predicted molar refractivity (Wildman–Crippen MR) is 60.9 cm³/mol. The highest BCUT2D eigenvalue weighted by molar-refractivity contribution is 7.15. The molecular formula is C10H14N4S. The Morgan fingerprint density at radius 2 is 2.20 bits per heavy atom. The van der Waals surface area contributed by atoms with Gasteiger partial charge in [-0.3, -0.25) is 0 Å². The van der Waals surface area contributed by atoms with Crippen LogP contribution in [0.2, 0.25) is 0 Å². The van der Waals surface area contributed by atoms with Crippen LogP contribution < -0.4 is 0 Å². The summed E-state index contributed by atoms with van der Waals surface area (Å²) in [6, 6.07) is 0. The summed E-state index contributed by atoms with van der Waals surface area (Å²) >= 11 is 1.68. The van der Waals surface area contributed by atoms with E-state index < -0.39 is 0 Å². The van der Waals surface area contributed by atoms with Gasteiger partial charge in [0.05, 0.1) is 15.6 Å². The topological polar surface area (TPSA) is 43.6 Å². The van der Waals surface area contributed by atoms with Crippen molar-refractivity contribution >= 4 is 11.3 Å². The number of aryl methyl sites for hydroxylation is 3. The van der Waals surface area contributed by atoms with Gasteiger partial charge in [-0.15, -0.1) is 21.5 Å². The minimum Gasteiger partial charge on any atom is -0.313 e. The molecule has 0 radical (unpaired) electrons. The van der Waals surface area contributed by atoms with Gasteiger partial charge in [-0.2, -0.15) is 0 Å². The fourth-order valence-electron chi connectivity index (χ4n) is 1.57. The fourth-order valence-corrected chi connectivity index (χ4v) is 2.49. The quantitative estimate of drug-likeness (QED) is 0.801. The van der Waals surface area contributed by atoms with Gasteiger partial charge in [0, 0.05) is 6.54 Å². The molecule has 0 atom stereocenters. The minimum atomic E-state index is 0.944. The third-order valence-corrected chi connectivity index (χ3v) is 3.26. The maximum Gasteiger partial charge on any atom is 0.175 e. The first-order chi connectivity index (χ1) is 7.22. The SMILES string of the molecule is CCCn1cnnc1-c1sc(C)nc1C. The molecule has 0 unspecified atom stereocenters. The Hall–Kier alpha value is -1.23. The van der Waals surface area contributed by atoms with Gasteiger partial charge in [0.1, 0.15) is 6.33 Å². The zero-order valence-corrected chi connectivity index (χ0v) is 10.0. The molecule has 0 aliphatic carbocycles. The van der Waals surface area contributed by atoms with Crippen LogP contribution in [0.5, 0.6) is 0 Å². The van der Waals surface area contributed by atoms with Crippen molar-refractivity contribution in [3.8, 4) is 10.7 Å². The van der Waals surface area contributed by atoms with Crippen molar-refractivity contribution < 1.29 is 0 Å². The van der Waals surface area contributed by atoms with Crippen molar-refractivity contribution in [2.45, 2.75) is 33.7 Å². The lowest BCUT2D eigenvalue weighted by atomic mass is 10.3. The molecule has 0 bridgehead atoms. The van der Waals surface area contributed by atoms with Crippen LogP contribution in [0.3, 0.4) is 0 Å². The summed E-state index contributed by atoms with van der Waals surface area (Å²) in [6.45, 7) is 7.14. The van der Waals surface area contributed by atoms with Crippen LogP contribution in [-0.2, 0) is 6.54 Å². The molecule has 0 aliphatic rings. The van der Waals surface area contributed by atoms with Gasteiger partial charge in [0.15, 0.2) is 5.82 Å². The normalized spacial score (nSPS) is 10.9. The summed E-state index contributed by atoms with van der Waals surface area (Å²) in [5.41, 5.74) is 1.04.